The van der Waals surface area contributed by atoms with E-state index in [1.807, 2.05) is 6.20 Å². The van der Waals surface area contributed by atoms with Gasteiger partial charge >= 0.3 is 0 Å². The number of aromatic nitrogens is 2. The third-order valence-corrected chi connectivity index (χ3v) is 3.60. The summed E-state index contributed by atoms with van der Waals surface area (Å²) in [5.41, 5.74) is 0. The van der Waals surface area contributed by atoms with E-state index in [0.717, 1.165) is 24.7 Å². The predicted molar refractivity (Wildman–Crippen MR) is 80.6 cm³/mol. The summed E-state index contributed by atoms with van der Waals surface area (Å²) in [6.07, 6.45) is 8.98. The van der Waals surface area contributed by atoms with Crippen LogP contribution in [0.1, 0.15) is 46.5 Å². The first-order valence-electron chi connectivity index (χ1n) is 7.53. The number of rotatable bonds is 6. The van der Waals surface area contributed by atoms with E-state index in [-0.39, 0.29) is 0 Å². The quantitative estimate of drug-likeness (QED) is 0.854. The molecule has 19 heavy (non-hydrogen) atoms. The van der Waals surface area contributed by atoms with Crippen LogP contribution in [-0.2, 0) is 0 Å². The molecule has 0 radical (unpaired) electrons. The summed E-state index contributed by atoms with van der Waals surface area (Å²) in [5, 5.41) is 3.25. The second-order valence-electron chi connectivity index (χ2n) is 5.78. The van der Waals surface area contributed by atoms with Crippen molar-refractivity contribution in [3.8, 4) is 0 Å². The molecule has 0 bridgehead atoms. The standard InChI is InChI=1S/C15H26N4/c1-4-17-14-9-16-10-15(18-14)19(11-12(2)3)13-7-5-6-8-13/h9-10,12-13H,4-8,11H2,1-3H3,(H,17,18). The van der Waals surface area contributed by atoms with E-state index in [1.54, 1.807) is 6.20 Å². The minimum Gasteiger partial charge on any atom is -0.369 e. The van der Waals surface area contributed by atoms with Gasteiger partial charge in [0.25, 0.3) is 0 Å². The maximum Gasteiger partial charge on any atom is 0.149 e. The van der Waals surface area contributed by atoms with Crippen molar-refractivity contribution in [2.45, 2.75) is 52.5 Å². The van der Waals surface area contributed by atoms with Crippen LogP contribution < -0.4 is 10.2 Å². The minimum atomic E-state index is 0.644. The Morgan fingerprint density at radius 1 is 1.32 bits per heavy atom. The van der Waals surface area contributed by atoms with Crippen LogP contribution in [0.25, 0.3) is 0 Å². The maximum absolute atomic E-state index is 4.71. The monoisotopic (exact) mass is 262 g/mol. The molecule has 1 aromatic heterocycles. The third kappa shape index (κ3) is 3.82. The SMILES string of the molecule is CCNc1cncc(N(CC(C)C)C2CCCC2)n1. The van der Waals surface area contributed by atoms with Crippen LogP contribution in [0.2, 0.25) is 0 Å². The van der Waals surface area contributed by atoms with Crippen LogP contribution in [0.5, 0.6) is 0 Å². The molecule has 0 aliphatic heterocycles. The van der Waals surface area contributed by atoms with E-state index in [4.69, 9.17) is 4.98 Å². The summed E-state index contributed by atoms with van der Waals surface area (Å²) >= 11 is 0. The zero-order valence-corrected chi connectivity index (χ0v) is 12.4. The highest BCUT2D eigenvalue weighted by Gasteiger charge is 2.24. The normalized spacial score (nSPS) is 16.0. The van der Waals surface area contributed by atoms with Crippen molar-refractivity contribution in [2.24, 2.45) is 5.92 Å². The van der Waals surface area contributed by atoms with Crippen molar-refractivity contribution >= 4 is 11.6 Å². The van der Waals surface area contributed by atoms with Gasteiger partial charge in [-0.25, -0.2) is 4.98 Å². The Kier molecular flexibility index (Phi) is 5.00. The lowest BCUT2D eigenvalue weighted by atomic mass is 10.1. The Morgan fingerprint density at radius 3 is 2.68 bits per heavy atom. The minimum absolute atomic E-state index is 0.644. The van der Waals surface area contributed by atoms with Crippen LogP contribution in [0, 0.1) is 5.92 Å². The summed E-state index contributed by atoms with van der Waals surface area (Å²) in [4.78, 5) is 11.5. The number of hydrogen-bond acceptors (Lipinski definition) is 4. The summed E-state index contributed by atoms with van der Waals surface area (Å²) in [6, 6.07) is 0.647. The molecule has 1 N–H and O–H groups in total. The third-order valence-electron chi connectivity index (χ3n) is 3.60. The van der Waals surface area contributed by atoms with Gasteiger partial charge in [-0.2, -0.15) is 0 Å². The van der Waals surface area contributed by atoms with E-state index in [1.165, 1.54) is 25.7 Å². The molecule has 0 atom stereocenters. The number of hydrogen-bond donors (Lipinski definition) is 1. The van der Waals surface area contributed by atoms with Gasteiger partial charge in [-0.05, 0) is 25.7 Å². The molecule has 1 aliphatic carbocycles. The first kappa shape index (κ1) is 14.1. The zero-order chi connectivity index (χ0) is 13.7. The van der Waals surface area contributed by atoms with Crippen LogP contribution in [0.3, 0.4) is 0 Å². The molecule has 0 saturated heterocycles. The molecule has 1 aromatic rings. The van der Waals surface area contributed by atoms with Gasteiger partial charge in [0, 0.05) is 19.1 Å². The summed E-state index contributed by atoms with van der Waals surface area (Å²) in [6.45, 7) is 8.56. The van der Waals surface area contributed by atoms with Crippen molar-refractivity contribution in [3.05, 3.63) is 12.4 Å². The summed E-state index contributed by atoms with van der Waals surface area (Å²) < 4.78 is 0. The van der Waals surface area contributed by atoms with E-state index < -0.39 is 0 Å². The molecule has 0 aromatic carbocycles. The Balaban J connectivity index is 2.18. The highest BCUT2D eigenvalue weighted by Crippen LogP contribution is 2.28. The van der Waals surface area contributed by atoms with Crippen LogP contribution >= 0.6 is 0 Å². The average molecular weight is 262 g/mol. The summed E-state index contributed by atoms with van der Waals surface area (Å²) in [5.74, 6) is 2.55. The second kappa shape index (κ2) is 6.73. The molecule has 106 valence electrons. The van der Waals surface area contributed by atoms with Gasteiger partial charge in [-0.1, -0.05) is 26.7 Å². The molecule has 4 nitrogen and oxygen atoms in total. The highest BCUT2D eigenvalue weighted by molar-refractivity contribution is 5.44. The molecule has 0 amide bonds. The van der Waals surface area contributed by atoms with Crippen molar-refractivity contribution in [3.63, 3.8) is 0 Å². The molecule has 0 spiro atoms. The lowest BCUT2D eigenvalue weighted by Crippen LogP contribution is -2.37. The molecule has 1 fully saturated rings. The zero-order valence-electron chi connectivity index (χ0n) is 12.4. The Bertz CT molecular complexity index is 385. The van der Waals surface area contributed by atoms with Crippen LogP contribution in [0.15, 0.2) is 12.4 Å². The first-order chi connectivity index (χ1) is 9.20. The second-order valence-corrected chi connectivity index (χ2v) is 5.78. The topological polar surface area (TPSA) is 41.1 Å². The van der Waals surface area contributed by atoms with Crippen molar-refractivity contribution in [1.82, 2.24) is 9.97 Å². The molecule has 1 heterocycles. The van der Waals surface area contributed by atoms with Crippen molar-refractivity contribution < 1.29 is 0 Å². The lowest BCUT2D eigenvalue weighted by molar-refractivity contribution is 0.530. The smallest absolute Gasteiger partial charge is 0.149 e. The maximum atomic E-state index is 4.71. The van der Waals surface area contributed by atoms with Crippen molar-refractivity contribution in [1.29, 1.82) is 0 Å². The molecular formula is C15H26N4. The molecule has 0 unspecified atom stereocenters. The number of nitrogens with zero attached hydrogens (tertiary/aromatic N) is 3. The molecule has 4 heteroatoms. The molecule has 1 saturated carbocycles. The Hall–Kier alpha value is -1.32. The van der Waals surface area contributed by atoms with Gasteiger partial charge in [-0.3, -0.25) is 4.98 Å². The van der Waals surface area contributed by atoms with Gasteiger partial charge in [-0.15, -0.1) is 0 Å². The molecule has 1 aliphatic rings. The largest absolute Gasteiger partial charge is 0.369 e. The van der Waals surface area contributed by atoms with E-state index in [9.17, 15) is 0 Å². The van der Waals surface area contributed by atoms with Gasteiger partial charge in [0.05, 0.1) is 12.4 Å². The number of nitrogens with one attached hydrogen (secondary N) is 1. The average Bonchev–Trinajstić information content (AvgIpc) is 2.90. The highest BCUT2D eigenvalue weighted by atomic mass is 15.2. The number of anilines is 2. The summed E-state index contributed by atoms with van der Waals surface area (Å²) in [7, 11) is 0. The van der Waals surface area contributed by atoms with Gasteiger partial charge < -0.3 is 10.2 Å². The lowest BCUT2D eigenvalue weighted by Gasteiger charge is -2.31. The fourth-order valence-corrected chi connectivity index (χ4v) is 2.80. The van der Waals surface area contributed by atoms with Gasteiger partial charge in [0.2, 0.25) is 0 Å². The van der Waals surface area contributed by atoms with Gasteiger partial charge in [0.15, 0.2) is 0 Å². The van der Waals surface area contributed by atoms with E-state index in [0.29, 0.717) is 12.0 Å². The van der Waals surface area contributed by atoms with E-state index in [2.05, 4.69) is 36.0 Å². The van der Waals surface area contributed by atoms with Crippen molar-refractivity contribution in [2.75, 3.05) is 23.3 Å². The first-order valence-corrected chi connectivity index (χ1v) is 7.53. The molecular weight excluding hydrogens is 236 g/mol. The Morgan fingerprint density at radius 2 is 2.05 bits per heavy atom. The Labute approximate surface area is 116 Å². The molecule has 2 rings (SSSR count). The van der Waals surface area contributed by atoms with Crippen LogP contribution in [-0.4, -0.2) is 29.1 Å². The van der Waals surface area contributed by atoms with Gasteiger partial charge in [0.1, 0.15) is 11.6 Å². The predicted octanol–water partition coefficient (Wildman–Crippen LogP) is 3.31. The van der Waals surface area contributed by atoms with E-state index >= 15 is 0 Å². The fraction of sp³-hybridized carbons (Fsp3) is 0.733. The van der Waals surface area contributed by atoms with Crippen LogP contribution in [0.4, 0.5) is 11.6 Å². The fourth-order valence-electron chi connectivity index (χ4n) is 2.80.